The Kier molecular flexibility index (Phi) is 4.06. The molecular weight excluding hydrogens is 349 g/mol. The SMILES string of the molecule is CN1C2CCC1CC(NC(=O)c1n[nH]c3c(OC(F)(F)F)cccc13)C2. The highest BCUT2D eigenvalue weighted by Crippen LogP contribution is 2.35. The molecule has 0 spiro atoms. The third kappa shape index (κ3) is 3.11. The summed E-state index contributed by atoms with van der Waals surface area (Å²) in [5, 5.41) is 9.71. The Balaban J connectivity index is 1.53. The predicted molar refractivity (Wildman–Crippen MR) is 87.8 cm³/mol. The van der Waals surface area contributed by atoms with Gasteiger partial charge >= 0.3 is 6.36 Å². The summed E-state index contributed by atoms with van der Waals surface area (Å²) in [6.45, 7) is 0. The van der Waals surface area contributed by atoms with Crippen LogP contribution in [-0.2, 0) is 0 Å². The number of hydrogen-bond donors (Lipinski definition) is 2. The standard InChI is InChI=1S/C17H19F3N4O2/c1-24-10-5-6-11(24)8-9(7-10)21-16(25)15-12-3-2-4-13(14(12)22-23-15)26-17(18,19)20/h2-4,9-11H,5-8H2,1H3,(H,21,25)(H,22,23). The molecule has 2 atom stereocenters. The number of ether oxygens (including phenoxy) is 1. The number of carbonyl (C=O) groups excluding carboxylic acids is 1. The first-order chi connectivity index (χ1) is 12.3. The number of hydrogen-bond acceptors (Lipinski definition) is 4. The van der Waals surface area contributed by atoms with Crippen LogP contribution < -0.4 is 10.1 Å². The van der Waals surface area contributed by atoms with E-state index in [1.54, 1.807) is 6.07 Å². The van der Waals surface area contributed by atoms with E-state index in [0.29, 0.717) is 17.5 Å². The van der Waals surface area contributed by atoms with Crippen molar-refractivity contribution < 1.29 is 22.7 Å². The van der Waals surface area contributed by atoms with Gasteiger partial charge in [-0.25, -0.2) is 0 Å². The molecule has 0 radical (unpaired) electrons. The average Bonchev–Trinajstić information content (AvgIpc) is 3.05. The second-order valence-electron chi connectivity index (χ2n) is 6.99. The van der Waals surface area contributed by atoms with Gasteiger partial charge in [-0.2, -0.15) is 5.10 Å². The molecule has 2 unspecified atom stereocenters. The molecule has 26 heavy (non-hydrogen) atoms. The van der Waals surface area contributed by atoms with Crippen LogP contribution in [0.25, 0.3) is 10.9 Å². The van der Waals surface area contributed by atoms with Crippen LogP contribution in [0.15, 0.2) is 18.2 Å². The van der Waals surface area contributed by atoms with Gasteiger partial charge in [-0.3, -0.25) is 9.89 Å². The Bertz CT molecular complexity index is 821. The topological polar surface area (TPSA) is 70.2 Å². The largest absolute Gasteiger partial charge is 0.573 e. The zero-order valence-electron chi connectivity index (χ0n) is 14.1. The van der Waals surface area contributed by atoms with Crippen LogP contribution in [0.2, 0.25) is 0 Å². The van der Waals surface area contributed by atoms with Crippen LogP contribution in [0.5, 0.6) is 5.75 Å². The molecule has 6 nitrogen and oxygen atoms in total. The Morgan fingerprint density at radius 2 is 2.00 bits per heavy atom. The van der Waals surface area contributed by atoms with Crippen LogP contribution in [0, 0.1) is 0 Å². The maximum atomic E-state index is 12.6. The van der Waals surface area contributed by atoms with Crippen LogP contribution in [0.3, 0.4) is 0 Å². The third-order valence-electron chi connectivity index (χ3n) is 5.44. The van der Waals surface area contributed by atoms with Crippen LogP contribution in [0.4, 0.5) is 13.2 Å². The summed E-state index contributed by atoms with van der Waals surface area (Å²) >= 11 is 0. The van der Waals surface area contributed by atoms with E-state index in [4.69, 9.17) is 0 Å². The molecule has 1 amide bonds. The van der Waals surface area contributed by atoms with Gasteiger partial charge in [0.05, 0.1) is 0 Å². The van der Waals surface area contributed by atoms with Gasteiger partial charge in [-0.15, -0.1) is 13.2 Å². The molecular formula is C17H19F3N4O2. The molecule has 4 rings (SSSR count). The summed E-state index contributed by atoms with van der Waals surface area (Å²) in [4.78, 5) is 15.0. The molecule has 2 saturated heterocycles. The van der Waals surface area contributed by atoms with Gasteiger partial charge in [-0.1, -0.05) is 12.1 Å². The lowest BCUT2D eigenvalue weighted by Crippen LogP contribution is -2.48. The van der Waals surface area contributed by atoms with Gasteiger partial charge in [0.2, 0.25) is 0 Å². The second kappa shape index (κ2) is 6.15. The van der Waals surface area contributed by atoms with E-state index in [9.17, 15) is 18.0 Å². The Morgan fingerprint density at radius 3 is 2.65 bits per heavy atom. The fourth-order valence-corrected chi connectivity index (χ4v) is 4.18. The molecule has 9 heteroatoms. The summed E-state index contributed by atoms with van der Waals surface area (Å²) in [7, 11) is 2.11. The number of H-pyrrole nitrogens is 1. The first-order valence-corrected chi connectivity index (χ1v) is 8.57. The number of piperidine rings is 1. The molecule has 2 aliphatic heterocycles. The fourth-order valence-electron chi connectivity index (χ4n) is 4.18. The van der Waals surface area contributed by atoms with E-state index < -0.39 is 12.1 Å². The summed E-state index contributed by atoms with van der Waals surface area (Å²) in [5.41, 5.74) is 0.136. The van der Waals surface area contributed by atoms with Gasteiger partial charge in [0.15, 0.2) is 11.4 Å². The number of carbonyl (C=O) groups is 1. The highest BCUT2D eigenvalue weighted by atomic mass is 19.4. The zero-order chi connectivity index (χ0) is 18.5. The van der Waals surface area contributed by atoms with Crippen molar-refractivity contribution in [1.82, 2.24) is 20.4 Å². The Labute approximate surface area is 147 Å². The van der Waals surface area contributed by atoms with Crippen molar-refractivity contribution in [3.8, 4) is 5.75 Å². The van der Waals surface area contributed by atoms with Crippen molar-refractivity contribution in [3.05, 3.63) is 23.9 Å². The van der Waals surface area contributed by atoms with Crippen molar-refractivity contribution in [2.24, 2.45) is 0 Å². The molecule has 2 N–H and O–H groups in total. The average molecular weight is 368 g/mol. The number of alkyl halides is 3. The summed E-state index contributed by atoms with van der Waals surface area (Å²) in [6, 6.07) is 5.15. The molecule has 2 aliphatic rings. The maximum Gasteiger partial charge on any atom is 0.573 e. The number of aromatic nitrogens is 2. The highest BCUT2D eigenvalue weighted by Gasteiger charge is 2.39. The molecule has 0 saturated carbocycles. The Hall–Kier alpha value is -2.29. The number of rotatable bonds is 3. The van der Waals surface area contributed by atoms with Crippen molar-refractivity contribution in [2.75, 3.05) is 7.05 Å². The number of nitrogens with zero attached hydrogens (tertiary/aromatic N) is 2. The van der Waals surface area contributed by atoms with E-state index in [-0.39, 0.29) is 23.2 Å². The lowest BCUT2D eigenvalue weighted by atomic mass is 9.98. The van der Waals surface area contributed by atoms with E-state index in [2.05, 4.69) is 32.2 Å². The highest BCUT2D eigenvalue weighted by molar-refractivity contribution is 6.06. The minimum absolute atomic E-state index is 0.0533. The number of fused-ring (bicyclic) bond motifs is 3. The fraction of sp³-hybridized carbons (Fsp3) is 0.529. The van der Waals surface area contributed by atoms with Crippen LogP contribution in [0.1, 0.15) is 36.2 Å². The maximum absolute atomic E-state index is 12.6. The van der Waals surface area contributed by atoms with E-state index >= 15 is 0 Å². The first-order valence-electron chi connectivity index (χ1n) is 8.57. The Morgan fingerprint density at radius 1 is 1.31 bits per heavy atom. The zero-order valence-corrected chi connectivity index (χ0v) is 14.1. The quantitative estimate of drug-likeness (QED) is 0.874. The van der Waals surface area contributed by atoms with Gasteiger partial charge < -0.3 is 15.0 Å². The van der Waals surface area contributed by atoms with E-state index in [0.717, 1.165) is 25.7 Å². The lowest BCUT2D eigenvalue weighted by Gasteiger charge is -2.36. The van der Waals surface area contributed by atoms with E-state index in [1.165, 1.54) is 12.1 Å². The predicted octanol–water partition coefficient (Wildman–Crippen LogP) is 2.82. The molecule has 3 heterocycles. The van der Waals surface area contributed by atoms with Crippen molar-refractivity contribution in [1.29, 1.82) is 0 Å². The normalized spacial score (nSPS) is 26.2. The molecule has 1 aromatic heterocycles. The van der Waals surface area contributed by atoms with Crippen LogP contribution >= 0.6 is 0 Å². The molecule has 2 bridgehead atoms. The van der Waals surface area contributed by atoms with Crippen LogP contribution in [-0.4, -0.2) is 52.5 Å². The molecule has 1 aromatic carbocycles. The molecule has 140 valence electrons. The van der Waals surface area contributed by atoms with Gasteiger partial charge in [-0.05, 0) is 38.8 Å². The number of para-hydroxylation sites is 1. The minimum atomic E-state index is -4.81. The summed E-state index contributed by atoms with van der Waals surface area (Å²) in [6.07, 6.45) is -0.781. The number of nitrogens with one attached hydrogen (secondary N) is 2. The van der Waals surface area contributed by atoms with Crippen molar-refractivity contribution in [2.45, 2.75) is 50.2 Å². The summed E-state index contributed by atoms with van der Waals surface area (Å²) in [5.74, 6) is -0.784. The van der Waals surface area contributed by atoms with Crippen molar-refractivity contribution >= 4 is 16.8 Å². The van der Waals surface area contributed by atoms with Gasteiger partial charge in [0.25, 0.3) is 5.91 Å². The third-order valence-corrected chi connectivity index (χ3v) is 5.44. The smallest absolute Gasteiger partial charge is 0.403 e. The molecule has 2 fully saturated rings. The van der Waals surface area contributed by atoms with Crippen molar-refractivity contribution in [3.63, 3.8) is 0 Å². The number of halogens is 3. The molecule has 0 aliphatic carbocycles. The second-order valence-corrected chi connectivity index (χ2v) is 6.99. The first kappa shape index (κ1) is 17.1. The number of aromatic amines is 1. The number of amides is 1. The van der Waals surface area contributed by atoms with Gasteiger partial charge in [0.1, 0.15) is 5.52 Å². The summed E-state index contributed by atoms with van der Waals surface area (Å²) < 4.78 is 41.5. The van der Waals surface area contributed by atoms with Gasteiger partial charge in [0, 0.05) is 23.5 Å². The number of benzene rings is 1. The minimum Gasteiger partial charge on any atom is -0.403 e. The van der Waals surface area contributed by atoms with E-state index in [1.807, 2.05) is 0 Å². The monoisotopic (exact) mass is 368 g/mol. The lowest BCUT2D eigenvalue weighted by molar-refractivity contribution is -0.274. The molecule has 2 aromatic rings.